The molecule has 20 heavy (non-hydrogen) atoms. The number of anilines is 1. The summed E-state index contributed by atoms with van der Waals surface area (Å²) in [6, 6.07) is 7.48. The van der Waals surface area contributed by atoms with Gasteiger partial charge in [-0.05, 0) is 37.1 Å². The van der Waals surface area contributed by atoms with Gasteiger partial charge in [0.15, 0.2) is 0 Å². The standard InChI is InChI=1S/C14H13N5O/c1-9-5-3-6-11(10(9)2)16-13(20)12-17-14-15-7-4-8-19(14)18-12/h3-8H,1-2H3,(H,16,20). The summed E-state index contributed by atoms with van der Waals surface area (Å²) in [6.07, 6.45) is 3.31. The van der Waals surface area contributed by atoms with Crippen LogP contribution < -0.4 is 5.32 Å². The maximum absolute atomic E-state index is 12.2. The van der Waals surface area contributed by atoms with Gasteiger partial charge in [-0.25, -0.2) is 9.50 Å². The third kappa shape index (κ3) is 2.11. The van der Waals surface area contributed by atoms with E-state index in [9.17, 15) is 4.79 Å². The van der Waals surface area contributed by atoms with Gasteiger partial charge in [-0.1, -0.05) is 12.1 Å². The number of carbonyl (C=O) groups excluding carboxylic acids is 1. The molecule has 0 aliphatic carbocycles. The Hall–Kier alpha value is -2.76. The molecule has 0 unspecified atom stereocenters. The number of amides is 1. The second-order valence-electron chi connectivity index (χ2n) is 4.50. The highest BCUT2D eigenvalue weighted by Crippen LogP contribution is 2.18. The summed E-state index contributed by atoms with van der Waals surface area (Å²) in [4.78, 5) is 20.3. The summed E-state index contributed by atoms with van der Waals surface area (Å²) >= 11 is 0. The summed E-state index contributed by atoms with van der Waals surface area (Å²) in [7, 11) is 0. The fraction of sp³-hybridized carbons (Fsp3) is 0.143. The zero-order chi connectivity index (χ0) is 14.1. The predicted octanol–water partition coefficient (Wildman–Crippen LogP) is 1.99. The van der Waals surface area contributed by atoms with Crippen LogP contribution in [0.3, 0.4) is 0 Å². The first-order valence-corrected chi connectivity index (χ1v) is 6.20. The molecule has 0 radical (unpaired) electrons. The van der Waals surface area contributed by atoms with Crippen LogP contribution in [0, 0.1) is 13.8 Å². The molecule has 0 atom stereocenters. The zero-order valence-electron chi connectivity index (χ0n) is 11.2. The monoisotopic (exact) mass is 267 g/mol. The summed E-state index contributed by atoms with van der Waals surface area (Å²) in [6.45, 7) is 3.96. The van der Waals surface area contributed by atoms with Gasteiger partial charge in [0, 0.05) is 18.1 Å². The van der Waals surface area contributed by atoms with Gasteiger partial charge in [-0.2, -0.15) is 4.98 Å². The van der Waals surface area contributed by atoms with Crippen LogP contribution in [0.2, 0.25) is 0 Å². The maximum Gasteiger partial charge on any atom is 0.295 e. The van der Waals surface area contributed by atoms with Crippen LogP contribution in [-0.4, -0.2) is 25.5 Å². The highest BCUT2D eigenvalue weighted by atomic mass is 16.2. The van der Waals surface area contributed by atoms with Gasteiger partial charge in [0.25, 0.3) is 11.7 Å². The molecule has 2 aromatic heterocycles. The number of rotatable bonds is 2. The van der Waals surface area contributed by atoms with Gasteiger partial charge >= 0.3 is 0 Å². The molecular weight excluding hydrogens is 254 g/mol. The normalized spacial score (nSPS) is 10.7. The minimum Gasteiger partial charge on any atom is -0.319 e. The van der Waals surface area contributed by atoms with E-state index in [0.717, 1.165) is 16.8 Å². The molecule has 0 saturated carbocycles. The number of carbonyl (C=O) groups is 1. The Bertz CT molecular complexity index is 760. The zero-order valence-corrected chi connectivity index (χ0v) is 11.2. The van der Waals surface area contributed by atoms with Crippen LogP contribution in [0.1, 0.15) is 21.7 Å². The number of nitrogens with one attached hydrogen (secondary N) is 1. The number of hydrogen-bond donors (Lipinski definition) is 1. The van der Waals surface area contributed by atoms with Crippen molar-refractivity contribution in [2.45, 2.75) is 13.8 Å². The van der Waals surface area contributed by atoms with Crippen molar-refractivity contribution in [2.24, 2.45) is 0 Å². The highest BCUT2D eigenvalue weighted by Gasteiger charge is 2.14. The van der Waals surface area contributed by atoms with Crippen LogP contribution in [0.5, 0.6) is 0 Å². The molecule has 1 amide bonds. The Morgan fingerprint density at radius 2 is 2.10 bits per heavy atom. The van der Waals surface area contributed by atoms with Crippen LogP contribution in [-0.2, 0) is 0 Å². The van der Waals surface area contributed by atoms with Gasteiger partial charge in [0.1, 0.15) is 0 Å². The van der Waals surface area contributed by atoms with Gasteiger partial charge in [-0.15, -0.1) is 5.10 Å². The lowest BCUT2D eigenvalue weighted by atomic mass is 10.1. The van der Waals surface area contributed by atoms with E-state index in [1.165, 1.54) is 4.52 Å². The third-order valence-electron chi connectivity index (χ3n) is 3.17. The fourth-order valence-electron chi connectivity index (χ4n) is 1.89. The van der Waals surface area contributed by atoms with Gasteiger partial charge < -0.3 is 5.32 Å². The van der Waals surface area contributed by atoms with Crippen LogP contribution >= 0.6 is 0 Å². The molecule has 0 aliphatic heterocycles. The van der Waals surface area contributed by atoms with E-state index in [-0.39, 0.29) is 11.7 Å². The minimum atomic E-state index is -0.343. The van der Waals surface area contributed by atoms with E-state index < -0.39 is 0 Å². The predicted molar refractivity (Wildman–Crippen MR) is 74.7 cm³/mol. The van der Waals surface area contributed by atoms with Crippen molar-refractivity contribution in [2.75, 3.05) is 5.32 Å². The molecule has 0 bridgehead atoms. The average molecular weight is 267 g/mol. The molecule has 3 aromatic rings. The third-order valence-corrected chi connectivity index (χ3v) is 3.17. The summed E-state index contributed by atoms with van der Waals surface area (Å²) in [5.41, 5.74) is 2.91. The Morgan fingerprint density at radius 1 is 1.25 bits per heavy atom. The number of hydrogen-bond acceptors (Lipinski definition) is 4. The first-order valence-electron chi connectivity index (χ1n) is 6.20. The smallest absolute Gasteiger partial charge is 0.295 e. The largest absolute Gasteiger partial charge is 0.319 e. The lowest BCUT2D eigenvalue weighted by molar-refractivity contribution is 0.101. The highest BCUT2D eigenvalue weighted by molar-refractivity contribution is 6.02. The minimum absolute atomic E-state index is 0.101. The second kappa shape index (κ2) is 4.73. The van der Waals surface area contributed by atoms with Crippen molar-refractivity contribution in [3.63, 3.8) is 0 Å². The SMILES string of the molecule is Cc1cccc(NC(=O)c2nc3ncccn3n2)c1C. The number of fused-ring (bicyclic) bond motifs is 1. The Kier molecular flexibility index (Phi) is 2.90. The molecule has 0 spiro atoms. The van der Waals surface area contributed by atoms with Crippen molar-refractivity contribution in [1.82, 2.24) is 19.6 Å². The van der Waals surface area contributed by atoms with Crippen molar-refractivity contribution >= 4 is 17.4 Å². The topological polar surface area (TPSA) is 72.2 Å². The Balaban J connectivity index is 1.91. The van der Waals surface area contributed by atoms with Crippen molar-refractivity contribution < 1.29 is 4.79 Å². The summed E-state index contributed by atoms with van der Waals surface area (Å²) in [5.74, 6) is 0.160. The molecule has 1 N–H and O–H groups in total. The summed E-state index contributed by atoms with van der Waals surface area (Å²) in [5, 5.41) is 6.92. The fourth-order valence-corrected chi connectivity index (χ4v) is 1.89. The lowest BCUT2D eigenvalue weighted by Gasteiger charge is -2.08. The number of aryl methyl sites for hydroxylation is 1. The molecule has 100 valence electrons. The Morgan fingerprint density at radius 3 is 2.90 bits per heavy atom. The molecule has 0 saturated heterocycles. The lowest BCUT2D eigenvalue weighted by Crippen LogP contribution is -2.15. The molecular formula is C14H13N5O. The van der Waals surface area contributed by atoms with Crippen molar-refractivity contribution in [1.29, 1.82) is 0 Å². The van der Waals surface area contributed by atoms with Crippen LogP contribution in [0.15, 0.2) is 36.7 Å². The number of benzene rings is 1. The van der Waals surface area contributed by atoms with E-state index in [1.807, 2.05) is 32.0 Å². The molecule has 6 nitrogen and oxygen atoms in total. The van der Waals surface area contributed by atoms with Gasteiger partial charge in [0.2, 0.25) is 5.82 Å². The number of nitrogens with zero attached hydrogens (tertiary/aromatic N) is 4. The van der Waals surface area contributed by atoms with Crippen molar-refractivity contribution in [3.8, 4) is 0 Å². The van der Waals surface area contributed by atoms with Crippen LogP contribution in [0.4, 0.5) is 5.69 Å². The van der Waals surface area contributed by atoms with E-state index in [1.54, 1.807) is 18.5 Å². The van der Waals surface area contributed by atoms with Gasteiger partial charge in [0.05, 0.1) is 0 Å². The summed E-state index contributed by atoms with van der Waals surface area (Å²) < 4.78 is 1.47. The molecule has 0 fully saturated rings. The maximum atomic E-state index is 12.2. The molecule has 6 heteroatoms. The van der Waals surface area contributed by atoms with E-state index in [2.05, 4.69) is 20.4 Å². The molecule has 2 heterocycles. The van der Waals surface area contributed by atoms with Gasteiger partial charge in [-0.3, -0.25) is 4.79 Å². The van der Waals surface area contributed by atoms with E-state index in [4.69, 9.17) is 0 Å². The Labute approximate surface area is 115 Å². The van der Waals surface area contributed by atoms with Crippen molar-refractivity contribution in [3.05, 3.63) is 53.6 Å². The number of aromatic nitrogens is 4. The average Bonchev–Trinajstić information content (AvgIpc) is 2.88. The quantitative estimate of drug-likeness (QED) is 0.770. The van der Waals surface area contributed by atoms with Crippen LogP contribution in [0.25, 0.3) is 5.78 Å². The second-order valence-corrected chi connectivity index (χ2v) is 4.50. The molecule has 3 rings (SSSR count). The molecule has 0 aliphatic rings. The first-order chi connectivity index (χ1) is 9.65. The molecule has 1 aromatic carbocycles. The van der Waals surface area contributed by atoms with E-state index in [0.29, 0.717) is 5.78 Å². The van der Waals surface area contributed by atoms with E-state index >= 15 is 0 Å². The first kappa shape index (κ1) is 12.3.